The Morgan fingerprint density at radius 2 is 1.79 bits per heavy atom. The van der Waals surface area contributed by atoms with E-state index in [1.54, 1.807) is 66.7 Å². The van der Waals surface area contributed by atoms with Crippen molar-refractivity contribution in [1.82, 2.24) is 5.43 Å². The van der Waals surface area contributed by atoms with Crippen LogP contribution in [0.25, 0.3) is 0 Å². The van der Waals surface area contributed by atoms with Gasteiger partial charge in [0.1, 0.15) is 18.2 Å². The smallest absolute Gasteiger partial charge is 0.271 e. The number of hydrogen-bond acceptors (Lipinski definition) is 4. The molecule has 5 nitrogen and oxygen atoms in total. The molecule has 138 valence electrons. The number of carbonyl (C=O) groups excluding carboxylic acids is 1. The zero-order valence-corrected chi connectivity index (χ0v) is 14.8. The van der Waals surface area contributed by atoms with E-state index in [0.717, 1.165) is 5.56 Å². The predicted octanol–water partition coefficient (Wildman–Crippen LogP) is 4.04. The molecule has 3 aromatic carbocycles. The average Bonchev–Trinajstić information content (AvgIpc) is 2.74. The SMILES string of the molecule is N#Cc1ccc(C(=O)N/N=C\c2ccc(OCc3ccccc3F)cc2)cc1. The van der Waals surface area contributed by atoms with Crippen LogP contribution < -0.4 is 10.2 Å². The molecule has 0 atom stereocenters. The molecule has 0 unspecified atom stereocenters. The molecule has 0 saturated carbocycles. The van der Waals surface area contributed by atoms with Crippen LogP contribution in [0.2, 0.25) is 0 Å². The Kier molecular flexibility index (Phi) is 6.11. The van der Waals surface area contributed by atoms with E-state index in [1.165, 1.54) is 12.3 Å². The summed E-state index contributed by atoms with van der Waals surface area (Å²) in [6.07, 6.45) is 1.50. The second-order valence-corrected chi connectivity index (χ2v) is 5.84. The minimum atomic E-state index is -0.370. The van der Waals surface area contributed by atoms with E-state index in [1.807, 2.05) is 6.07 Å². The highest BCUT2D eigenvalue weighted by molar-refractivity contribution is 5.94. The number of nitriles is 1. The van der Waals surface area contributed by atoms with Crippen LogP contribution in [0.1, 0.15) is 27.0 Å². The third-order valence-corrected chi connectivity index (χ3v) is 3.89. The second-order valence-electron chi connectivity index (χ2n) is 5.84. The van der Waals surface area contributed by atoms with Crippen LogP contribution in [0.15, 0.2) is 77.9 Å². The lowest BCUT2D eigenvalue weighted by molar-refractivity contribution is 0.0955. The monoisotopic (exact) mass is 373 g/mol. The Bertz CT molecular complexity index is 1020. The van der Waals surface area contributed by atoms with Gasteiger partial charge in [-0.05, 0) is 60.2 Å². The van der Waals surface area contributed by atoms with Crippen LogP contribution in [0.4, 0.5) is 4.39 Å². The van der Waals surface area contributed by atoms with Gasteiger partial charge in [0.25, 0.3) is 5.91 Å². The molecular weight excluding hydrogens is 357 g/mol. The first kappa shape index (κ1) is 18.8. The summed E-state index contributed by atoms with van der Waals surface area (Å²) in [6, 6.07) is 21.7. The molecule has 0 aliphatic heterocycles. The van der Waals surface area contributed by atoms with Gasteiger partial charge >= 0.3 is 0 Å². The molecule has 0 aliphatic carbocycles. The Balaban J connectivity index is 1.52. The summed E-state index contributed by atoms with van der Waals surface area (Å²) in [5.74, 6) is -0.0724. The van der Waals surface area contributed by atoms with Crippen molar-refractivity contribution >= 4 is 12.1 Å². The molecule has 0 bridgehead atoms. The van der Waals surface area contributed by atoms with Gasteiger partial charge in [-0.25, -0.2) is 9.82 Å². The molecule has 1 N–H and O–H groups in total. The lowest BCUT2D eigenvalue weighted by Gasteiger charge is -2.07. The zero-order chi connectivity index (χ0) is 19.8. The van der Waals surface area contributed by atoms with Crippen molar-refractivity contribution in [3.05, 3.63) is 101 Å². The second kappa shape index (κ2) is 9.10. The first-order chi connectivity index (χ1) is 13.7. The van der Waals surface area contributed by atoms with Gasteiger partial charge in [-0.1, -0.05) is 18.2 Å². The van der Waals surface area contributed by atoms with Crippen LogP contribution in [0.5, 0.6) is 5.75 Å². The quantitative estimate of drug-likeness (QED) is 0.523. The summed E-state index contributed by atoms with van der Waals surface area (Å²) in [6.45, 7) is 0.140. The van der Waals surface area contributed by atoms with Gasteiger partial charge in [0.15, 0.2) is 0 Å². The van der Waals surface area contributed by atoms with Crippen LogP contribution in [0.3, 0.4) is 0 Å². The van der Waals surface area contributed by atoms with Crippen molar-refractivity contribution in [1.29, 1.82) is 5.26 Å². The minimum Gasteiger partial charge on any atom is -0.489 e. The largest absolute Gasteiger partial charge is 0.489 e. The van der Waals surface area contributed by atoms with E-state index in [4.69, 9.17) is 10.00 Å². The molecular formula is C22H16FN3O2. The lowest BCUT2D eigenvalue weighted by Crippen LogP contribution is -2.17. The highest BCUT2D eigenvalue weighted by atomic mass is 19.1. The fourth-order valence-corrected chi connectivity index (χ4v) is 2.35. The first-order valence-corrected chi connectivity index (χ1v) is 8.45. The van der Waals surface area contributed by atoms with Crippen LogP contribution >= 0.6 is 0 Å². The van der Waals surface area contributed by atoms with E-state index in [0.29, 0.717) is 22.4 Å². The van der Waals surface area contributed by atoms with Crippen molar-refractivity contribution in [3.8, 4) is 11.8 Å². The van der Waals surface area contributed by atoms with Gasteiger partial charge in [-0.2, -0.15) is 10.4 Å². The number of rotatable bonds is 6. The van der Waals surface area contributed by atoms with Crippen molar-refractivity contribution in [3.63, 3.8) is 0 Å². The zero-order valence-electron chi connectivity index (χ0n) is 14.8. The Hall–Kier alpha value is -3.98. The number of amides is 1. The van der Waals surface area contributed by atoms with E-state index < -0.39 is 0 Å². The maximum atomic E-state index is 13.6. The Morgan fingerprint density at radius 1 is 1.07 bits per heavy atom. The number of benzene rings is 3. The number of nitrogens with zero attached hydrogens (tertiary/aromatic N) is 2. The number of hydrazone groups is 1. The van der Waals surface area contributed by atoms with Crippen LogP contribution in [-0.4, -0.2) is 12.1 Å². The molecule has 28 heavy (non-hydrogen) atoms. The minimum absolute atomic E-state index is 0.140. The molecule has 3 aromatic rings. The number of hydrogen-bond donors (Lipinski definition) is 1. The molecule has 1 amide bonds. The van der Waals surface area contributed by atoms with Gasteiger partial charge in [-0.3, -0.25) is 4.79 Å². The molecule has 0 radical (unpaired) electrons. The highest BCUT2D eigenvalue weighted by Crippen LogP contribution is 2.15. The summed E-state index contributed by atoms with van der Waals surface area (Å²) < 4.78 is 19.1. The van der Waals surface area contributed by atoms with E-state index in [2.05, 4.69) is 10.5 Å². The van der Waals surface area contributed by atoms with Crippen molar-refractivity contribution in [2.45, 2.75) is 6.61 Å². The van der Waals surface area contributed by atoms with Crippen molar-refractivity contribution in [2.75, 3.05) is 0 Å². The van der Waals surface area contributed by atoms with Crippen LogP contribution in [-0.2, 0) is 6.61 Å². The summed E-state index contributed by atoms with van der Waals surface area (Å²) in [5.41, 5.74) is 4.57. The topological polar surface area (TPSA) is 74.5 Å². The maximum Gasteiger partial charge on any atom is 0.271 e. The lowest BCUT2D eigenvalue weighted by atomic mass is 10.1. The Morgan fingerprint density at radius 3 is 2.46 bits per heavy atom. The van der Waals surface area contributed by atoms with E-state index in [9.17, 15) is 9.18 Å². The number of carbonyl (C=O) groups is 1. The van der Waals surface area contributed by atoms with Gasteiger partial charge in [-0.15, -0.1) is 0 Å². The van der Waals surface area contributed by atoms with Gasteiger partial charge < -0.3 is 4.74 Å². The van der Waals surface area contributed by atoms with Crippen molar-refractivity contribution in [2.24, 2.45) is 5.10 Å². The summed E-state index contributed by atoms with van der Waals surface area (Å²) in [7, 11) is 0. The van der Waals surface area contributed by atoms with Gasteiger partial charge in [0.05, 0.1) is 17.8 Å². The molecule has 0 saturated heterocycles. The molecule has 0 spiro atoms. The number of halogens is 1. The Labute approximate surface area is 161 Å². The first-order valence-electron chi connectivity index (χ1n) is 8.45. The summed E-state index contributed by atoms with van der Waals surface area (Å²) in [5, 5.41) is 12.7. The molecule has 3 rings (SSSR count). The average molecular weight is 373 g/mol. The highest BCUT2D eigenvalue weighted by Gasteiger charge is 2.04. The van der Waals surface area contributed by atoms with Gasteiger partial charge in [0.2, 0.25) is 0 Å². The molecule has 0 fully saturated rings. The number of ether oxygens (including phenoxy) is 1. The molecule has 6 heteroatoms. The molecule has 0 heterocycles. The maximum absolute atomic E-state index is 13.6. The molecule has 0 aromatic heterocycles. The fraction of sp³-hybridized carbons (Fsp3) is 0.0455. The summed E-state index contributed by atoms with van der Waals surface area (Å²) >= 11 is 0. The third-order valence-electron chi connectivity index (χ3n) is 3.89. The molecule has 0 aliphatic rings. The predicted molar refractivity (Wildman–Crippen MR) is 103 cm³/mol. The summed E-state index contributed by atoms with van der Waals surface area (Å²) in [4.78, 5) is 12.0. The standard InChI is InChI=1S/C22H16FN3O2/c23-21-4-2-1-3-19(21)15-28-20-11-7-17(8-12-20)14-25-26-22(27)18-9-5-16(13-24)6-10-18/h1-12,14H,15H2,(H,26,27)/b25-14-. The van der Waals surface area contributed by atoms with Crippen molar-refractivity contribution < 1.29 is 13.9 Å². The van der Waals surface area contributed by atoms with Gasteiger partial charge in [0, 0.05) is 11.1 Å². The third kappa shape index (κ3) is 5.02. The van der Waals surface area contributed by atoms with E-state index in [-0.39, 0.29) is 18.3 Å². The van der Waals surface area contributed by atoms with E-state index >= 15 is 0 Å². The fourth-order valence-electron chi connectivity index (χ4n) is 2.35. The number of nitrogens with one attached hydrogen (secondary N) is 1. The van der Waals surface area contributed by atoms with Crippen LogP contribution in [0, 0.1) is 17.1 Å². The normalized spacial score (nSPS) is 10.4.